The molecule has 3 N–H and O–H groups in total. The maximum Gasteiger partial charge on any atom is 0.326 e. The van der Waals surface area contributed by atoms with Crippen LogP contribution in [-0.2, 0) is 20.8 Å². The number of Topliss-reactive ketones (excluding diaryl/α,β-unsaturated/α-hetero) is 1. The molecule has 1 heterocycles. The molecule has 0 aliphatic heterocycles. The molecule has 1 aromatic heterocycles. The number of carboxylic acid groups (broad SMARTS) is 1. The molecule has 2 aromatic rings. The van der Waals surface area contributed by atoms with E-state index in [0.29, 0.717) is 17.7 Å². The van der Waals surface area contributed by atoms with E-state index in [1.807, 2.05) is 13.8 Å². The summed E-state index contributed by atoms with van der Waals surface area (Å²) in [6.45, 7) is 5.22. The summed E-state index contributed by atoms with van der Waals surface area (Å²) >= 11 is 5.94. The van der Waals surface area contributed by atoms with Crippen LogP contribution in [-0.4, -0.2) is 39.7 Å². The highest BCUT2D eigenvalue weighted by Crippen LogP contribution is 2.51. The van der Waals surface area contributed by atoms with Gasteiger partial charge in [-0.3, -0.25) is 14.4 Å². The van der Waals surface area contributed by atoms with Crippen LogP contribution in [0.3, 0.4) is 0 Å². The van der Waals surface area contributed by atoms with E-state index in [-0.39, 0.29) is 34.7 Å². The molecule has 0 radical (unpaired) electrons. The third-order valence-corrected chi connectivity index (χ3v) is 6.65. The topological polar surface area (TPSA) is 125 Å². The fourth-order valence-electron chi connectivity index (χ4n) is 4.25. The number of carbonyl (C=O) groups excluding carboxylic acids is 3. The number of halogens is 1. The lowest BCUT2D eigenvalue weighted by Gasteiger charge is -2.50. The smallest absolute Gasteiger partial charge is 0.326 e. The third kappa shape index (κ3) is 5.39. The summed E-state index contributed by atoms with van der Waals surface area (Å²) in [5.74, 6) is -2.49. The van der Waals surface area contributed by atoms with E-state index in [2.05, 4.69) is 15.6 Å². The van der Waals surface area contributed by atoms with Crippen LogP contribution in [0.5, 0.6) is 0 Å². The van der Waals surface area contributed by atoms with E-state index in [4.69, 9.17) is 11.6 Å². The average Bonchev–Trinajstić information content (AvgIpc) is 2.73. The zero-order valence-electron chi connectivity index (χ0n) is 18.6. The zero-order chi connectivity index (χ0) is 24.3. The molecule has 9 heteroatoms. The predicted octanol–water partition coefficient (Wildman–Crippen LogP) is 3.35. The van der Waals surface area contributed by atoms with E-state index in [1.165, 1.54) is 13.1 Å². The first kappa shape index (κ1) is 24.4. The van der Waals surface area contributed by atoms with E-state index in [0.717, 1.165) is 0 Å². The maximum atomic E-state index is 12.7. The molecule has 3 atom stereocenters. The summed E-state index contributed by atoms with van der Waals surface area (Å²) in [5, 5.41) is 15.0. The molecule has 1 saturated carbocycles. The van der Waals surface area contributed by atoms with Crippen molar-refractivity contribution in [3.8, 4) is 0 Å². The number of rotatable bonds is 8. The van der Waals surface area contributed by atoms with Gasteiger partial charge in [-0.2, -0.15) is 0 Å². The second-order valence-electron chi connectivity index (χ2n) is 8.87. The molecule has 1 fully saturated rings. The number of aromatic nitrogens is 1. The summed E-state index contributed by atoms with van der Waals surface area (Å²) in [7, 11) is 0. The highest BCUT2D eigenvalue weighted by molar-refractivity contribution is 6.33. The number of hydrogen-bond donors (Lipinski definition) is 3. The summed E-state index contributed by atoms with van der Waals surface area (Å²) in [5.41, 5.74) is 0.916. The third-order valence-electron chi connectivity index (χ3n) is 6.34. The van der Waals surface area contributed by atoms with Crippen LogP contribution in [0, 0.1) is 17.3 Å². The Bertz CT molecular complexity index is 1080. The molecule has 0 spiro atoms. The number of benzene rings is 1. The van der Waals surface area contributed by atoms with Gasteiger partial charge >= 0.3 is 5.97 Å². The number of nitrogens with one attached hydrogen (secondary N) is 2. The van der Waals surface area contributed by atoms with Gasteiger partial charge in [-0.25, -0.2) is 9.78 Å². The molecule has 2 amide bonds. The van der Waals surface area contributed by atoms with Gasteiger partial charge in [0.25, 0.3) is 5.91 Å². The van der Waals surface area contributed by atoms with Gasteiger partial charge in [0.1, 0.15) is 17.0 Å². The van der Waals surface area contributed by atoms with E-state index in [9.17, 15) is 24.3 Å². The molecule has 0 saturated heterocycles. The van der Waals surface area contributed by atoms with E-state index < -0.39 is 29.3 Å². The molecule has 1 aromatic carbocycles. The predicted molar refractivity (Wildman–Crippen MR) is 123 cm³/mol. The molecule has 0 bridgehead atoms. The number of carboxylic acids is 1. The Hall–Kier alpha value is -3.26. The van der Waals surface area contributed by atoms with Crippen molar-refractivity contribution in [3.63, 3.8) is 0 Å². The van der Waals surface area contributed by atoms with Crippen molar-refractivity contribution in [1.29, 1.82) is 0 Å². The number of nitrogens with zero attached hydrogens (tertiary/aromatic N) is 1. The number of pyridine rings is 1. The maximum absolute atomic E-state index is 12.7. The number of aliphatic carboxylic acids is 1. The van der Waals surface area contributed by atoms with Gasteiger partial charge < -0.3 is 15.7 Å². The number of anilines is 1. The van der Waals surface area contributed by atoms with Crippen LogP contribution in [0.25, 0.3) is 0 Å². The van der Waals surface area contributed by atoms with Crippen molar-refractivity contribution in [2.45, 2.75) is 39.7 Å². The molecule has 8 nitrogen and oxygen atoms in total. The zero-order valence-corrected chi connectivity index (χ0v) is 19.3. The standard InChI is InChI=1S/C24H26ClN3O5/c1-13(29)17-12-18(24(17,2)3)22(31)28-19(23(32)33)11-14-6-8-15(9-7-14)27-21(30)16-5-4-10-26-20(16)25/h4-10,17-19H,11-12H2,1-3H3,(H,27,30)(H,28,31)(H,32,33)/t17?,18?,19-/m0/s1. The van der Waals surface area contributed by atoms with Crippen LogP contribution < -0.4 is 10.6 Å². The Kier molecular flexibility index (Phi) is 7.17. The van der Waals surface area contributed by atoms with Gasteiger partial charge in [0.2, 0.25) is 5.91 Å². The highest BCUT2D eigenvalue weighted by atomic mass is 35.5. The second kappa shape index (κ2) is 9.70. The molecule has 33 heavy (non-hydrogen) atoms. The number of amides is 2. The van der Waals surface area contributed by atoms with Gasteiger partial charge in [-0.05, 0) is 48.6 Å². The lowest BCUT2D eigenvalue weighted by molar-refractivity contribution is -0.152. The lowest BCUT2D eigenvalue weighted by atomic mass is 9.53. The normalized spacial score (nSPS) is 19.6. The Morgan fingerprint density at radius 3 is 2.36 bits per heavy atom. The highest BCUT2D eigenvalue weighted by Gasteiger charge is 2.53. The summed E-state index contributed by atoms with van der Waals surface area (Å²) < 4.78 is 0. The first-order valence-electron chi connectivity index (χ1n) is 10.5. The molecular formula is C24H26ClN3O5. The Labute approximate surface area is 196 Å². The number of ketones is 1. The lowest BCUT2D eigenvalue weighted by Crippen LogP contribution is -2.57. The Morgan fingerprint density at radius 2 is 1.82 bits per heavy atom. The van der Waals surface area contributed by atoms with Gasteiger partial charge in [0.15, 0.2) is 0 Å². The van der Waals surface area contributed by atoms with Gasteiger partial charge in [-0.15, -0.1) is 0 Å². The summed E-state index contributed by atoms with van der Waals surface area (Å²) in [6.07, 6.45) is 1.99. The first-order valence-corrected chi connectivity index (χ1v) is 10.9. The fourth-order valence-corrected chi connectivity index (χ4v) is 4.45. The molecule has 3 rings (SSSR count). The number of carbonyl (C=O) groups is 4. The van der Waals surface area contributed by atoms with Crippen LogP contribution in [0.2, 0.25) is 5.15 Å². The van der Waals surface area contributed by atoms with Crippen molar-refractivity contribution in [2.24, 2.45) is 17.3 Å². The van der Waals surface area contributed by atoms with Crippen molar-refractivity contribution in [2.75, 3.05) is 5.32 Å². The fraction of sp³-hybridized carbons (Fsp3) is 0.375. The molecular weight excluding hydrogens is 446 g/mol. The SMILES string of the molecule is CC(=O)C1CC(C(=O)N[C@@H](Cc2ccc(NC(=O)c3cccnc3Cl)cc2)C(=O)O)C1(C)C. The van der Waals surface area contributed by atoms with Crippen LogP contribution in [0.4, 0.5) is 5.69 Å². The van der Waals surface area contributed by atoms with Crippen molar-refractivity contribution in [1.82, 2.24) is 10.3 Å². The van der Waals surface area contributed by atoms with Gasteiger partial charge in [0, 0.05) is 30.1 Å². The molecule has 2 unspecified atom stereocenters. The van der Waals surface area contributed by atoms with Crippen LogP contribution >= 0.6 is 11.6 Å². The van der Waals surface area contributed by atoms with Crippen molar-refractivity contribution in [3.05, 3.63) is 58.9 Å². The van der Waals surface area contributed by atoms with Gasteiger partial charge in [-0.1, -0.05) is 37.6 Å². The minimum Gasteiger partial charge on any atom is -0.480 e. The van der Waals surface area contributed by atoms with Crippen molar-refractivity contribution < 1.29 is 24.3 Å². The first-order chi connectivity index (χ1) is 15.5. The van der Waals surface area contributed by atoms with Crippen LogP contribution in [0.1, 0.15) is 43.1 Å². The van der Waals surface area contributed by atoms with Gasteiger partial charge in [0.05, 0.1) is 5.56 Å². The minimum atomic E-state index is -1.15. The van der Waals surface area contributed by atoms with Crippen molar-refractivity contribution >= 4 is 40.9 Å². The molecule has 1 aliphatic rings. The monoisotopic (exact) mass is 471 g/mol. The largest absolute Gasteiger partial charge is 0.480 e. The Morgan fingerprint density at radius 1 is 1.15 bits per heavy atom. The summed E-state index contributed by atoms with van der Waals surface area (Å²) in [4.78, 5) is 52.4. The second-order valence-corrected chi connectivity index (χ2v) is 9.23. The van der Waals surface area contributed by atoms with E-state index in [1.54, 1.807) is 36.4 Å². The molecule has 174 valence electrons. The Balaban J connectivity index is 1.62. The average molecular weight is 472 g/mol. The minimum absolute atomic E-state index is 0.0387. The summed E-state index contributed by atoms with van der Waals surface area (Å²) in [6, 6.07) is 8.70. The molecule has 1 aliphatic carbocycles. The number of hydrogen-bond acceptors (Lipinski definition) is 5. The van der Waals surface area contributed by atoms with Crippen LogP contribution in [0.15, 0.2) is 42.6 Å². The van der Waals surface area contributed by atoms with E-state index >= 15 is 0 Å². The quantitative estimate of drug-likeness (QED) is 0.507.